The number of hydrogen-bond donors (Lipinski definition) is 4. The Morgan fingerprint density at radius 1 is 1.42 bits per heavy atom. The molecule has 0 spiro atoms. The zero-order valence-electron chi connectivity index (χ0n) is 10.2. The van der Waals surface area contributed by atoms with Crippen LogP contribution in [0.15, 0.2) is 18.2 Å². The standard InChI is InChI=1S/C12H13N3O4/c1-6-13-8-3-2-7(4-9(8)14-6)15-10(12(18)19)5-11(16)17/h2-4,10,15H,5H2,1H3,(H,13,14)(H,16,17)(H,18,19). The Bertz CT molecular complexity index is 635. The molecule has 0 saturated carbocycles. The summed E-state index contributed by atoms with van der Waals surface area (Å²) in [5, 5.41) is 20.3. The van der Waals surface area contributed by atoms with Crippen molar-refractivity contribution in [2.45, 2.75) is 19.4 Å². The maximum absolute atomic E-state index is 11.0. The molecule has 2 aromatic rings. The van der Waals surface area contributed by atoms with Gasteiger partial charge in [0, 0.05) is 5.69 Å². The van der Waals surface area contributed by atoms with E-state index < -0.39 is 24.4 Å². The number of fused-ring (bicyclic) bond motifs is 1. The zero-order chi connectivity index (χ0) is 14.0. The van der Waals surface area contributed by atoms with E-state index in [2.05, 4.69) is 15.3 Å². The molecular formula is C12H13N3O4. The Hall–Kier alpha value is -2.57. The topological polar surface area (TPSA) is 115 Å². The first-order valence-corrected chi connectivity index (χ1v) is 5.63. The van der Waals surface area contributed by atoms with E-state index in [0.717, 1.165) is 16.9 Å². The molecule has 7 heteroatoms. The number of anilines is 1. The normalized spacial score (nSPS) is 12.3. The average molecular weight is 263 g/mol. The van der Waals surface area contributed by atoms with E-state index >= 15 is 0 Å². The number of imidazole rings is 1. The van der Waals surface area contributed by atoms with Crippen molar-refractivity contribution in [3.63, 3.8) is 0 Å². The van der Waals surface area contributed by atoms with Gasteiger partial charge >= 0.3 is 11.9 Å². The molecular weight excluding hydrogens is 250 g/mol. The molecule has 0 aliphatic carbocycles. The van der Waals surface area contributed by atoms with E-state index in [0.29, 0.717) is 5.69 Å². The molecule has 100 valence electrons. The molecule has 19 heavy (non-hydrogen) atoms. The number of rotatable bonds is 5. The van der Waals surface area contributed by atoms with Gasteiger partial charge in [-0.3, -0.25) is 4.79 Å². The van der Waals surface area contributed by atoms with E-state index in [-0.39, 0.29) is 0 Å². The molecule has 1 heterocycles. The Morgan fingerprint density at radius 2 is 2.16 bits per heavy atom. The fraction of sp³-hybridized carbons (Fsp3) is 0.250. The molecule has 0 aliphatic rings. The number of nitrogens with one attached hydrogen (secondary N) is 2. The SMILES string of the molecule is Cc1nc2ccc(NC(CC(=O)O)C(=O)O)cc2[nH]1. The van der Waals surface area contributed by atoms with Crippen LogP contribution < -0.4 is 5.32 Å². The Kier molecular flexibility index (Phi) is 3.37. The second-order valence-electron chi connectivity index (χ2n) is 4.19. The largest absolute Gasteiger partial charge is 0.481 e. The highest BCUT2D eigenvalue weighted by Gasteiger charge is 2.20. The van der Waals surface area contributed by atoms with Gasteiger partial charge in [0.05, 0.1) is 17.5 Å². The molecule has 2 rings (SSSR count). The molecule has 7 nitrogen and oxygen atoms in total. The third-order valence-corrected chi connectivity index (χ3v) is 2.62. The second-order valence-corrected chi connectivity index (χ2v) is 4.19. The molecule has 1 aromatic heterocycles. The van der Waals surface area contributed by atoms with Gasteiger partial charge in [-0.15, -0.1) is 0 Å². The van der Waals surface area contributed by atoms with E-state index in [1.807, 2.05) is 6.92 Å². The number of aliphatic carboxylic acids is 2. The van der Waals surface area contributed by atoms with Crippen LogP contribution in [-0.2, 0) is 9.59 Å². The second kappa shape index (κ2) is 4.97. The van der Waals surface area contributed by atoms with Gasteiger partial charge in [-0.1, -0.05) is 0 Å². The number of hydrogen-bond acceptors (Lipinski definition) is 4. The molecule has 0 aliphatic heterocycles. The monoisotopic (exact) mass is 263 g/mol. The van der Waals surface area contributed by atoms with Crippen LogP contribution in [0.5, 0.6) is 0 Å². The summed E-state index contributed by atoms with van der Waals surface area (Å²) in [5.41, 5.74) is 2.07. The van der Waals surface area contributed by atoms with Gasteiger partial charge < -0.3 is 20.5 Å². The number of aryl methyl sites for hydroxylation is 1. The van der Waals surface area contributed by atoms with Crippen LogP contribution in [0.2, 0.25) is 0 Å². The fourth-order valence-electron chi connectivity index (χ4n) is 1.80. The molecule has 0 bridgehead atoms. The summed E-state index contributed by atoms with van der Waals surface area (Å²) in [6, 6.07) is 3.94. The number of aromatic amines is 1. The van der Waals surface area contributed by atoms with Crippen LogP contribution in [0.3, 0.4) is 0 Å². The number of aromatic nitrogens is 2. The minimum Gasteiger partial charge on any atom is -0.481 e. The number of nitrogens with zero attached hydrogens (tertiary/aromatic N) is 1. The lowest BCUT2D eigenvalue weighted by atomic mass is 10.2. The first-order chi connectivity index (χ1) is 8.95. The molecule has 1 aromatic carbocycles. The van der Waals surface area contributed by atoms with E-state index in [4.69, 9.17) is 10.2 Å². The van der Waals surface area contributed by atoms with Crippen molar-refractivity contribution in [3.05, 3.63) is 24.0 Å². The number of H-pyrrole nitrogens is 1. The highest BCUT2D eigenvalue weighted by molar-refractivity contribution is 5.85. The maximum Gasteiger partial charge on any atom is 0.326 e. The van der Waals surface area contributed by atoms with Crippen LogP contribution in [0.4, 0.5) is 5.69 Å². The molecule has 1 unspecified atom stereocenters. The minimum absolute atomic E-state index is 0.491. The Labute approximate surface area is 108 Å². The summed E-state index contributed by atoms with van der Waals surface area (Å²) in [7, 11) is 0. The summed E-state index contributed by atoms with van der Waals surface area (Å²) >= 11 is 0. The van der Waals surface area contributed by atoms with E-state index in [1.54, 1.807) is 18.2 Å². The smallest absolute Gasteiger partial charge is 0.326 e. The van der Waals surface area contributed by atoms with Gasteiger partial charge in [-0.2, -0.15) is 0 Å². The van der Waals surface area contributed by atoms with E-state index in [9.17, 15) is 9.59 Å². The van der Waals surface area contributed by atoms with Gasteiger partial charge in [0.1, 0.15) is 11.9 Å². The molecule has 4 N–H and O–H groups in total. The number of carboxylic acids is 2. The van der Waals surface area contributed by atoms with Crippen molar-refractivity contribution in [2.24, 2.45) is 0 Å². The Morgan fingerprint density at radius 3 is 2.79 bits per heavy atom. The molecule has 0 radical (unpaired) electrons. The summed E-state index contributed by atoms with van der Waals surface area (Å²) in [6.07, 6.45) is -0.491. The van der Waals surface area contributed by atoms with Crippen LogP contribution >= 0.6 is 0 Å². The van der Waals surface area contributed by atoms with Crippen molar-refractivity contribution in [1.82, 2.24) is 9.97 Å². The predicted octanol–water partition coefficient (Wildman–Crippen LogP) is 1.21. The van der Waals surface area contributed by atoms with Crippen LogP contribution in [-0.4, -0.2) is 38.2 Å². The first-order valence-electron chi connectivity index (χ1n) is 5.63. The van der Waals surface area contributed by atoms with Gasteiger partial charge in [-0.25, -0.2) is 9.78 Å². The van der Waals surface area contributed by atoms with Crippen molar-refractivity contribution < 1.29 is 19.8 Å². The zero-order valence-corrected chi connectivity index (χ0v) is 10.2. The van der Waals surface area contributed by atoms with Crippen LogP contribution in [0.25, 0.3) is 11.0 Å². The molecule has 0 saturated heterocycles. The lowest BCUT2D eigenvalue weighted by molar-refractivity contribution is -0.144. The fourth-order valence-corrected chi connectivity index (χ4v) is 1.80. The van der Waals surface area contributed by atoms with Gasteiger partial charge in [0.15, 0.2) is 0 Å². The number of carbonyl (C=O) groups is 2. The Balaban J connectivity index is 2.23. The lowest BCUT2D eigenvalue weighted by Gasteiger charge is -2.13. The summed E-state index contributed by atoms with van der Waals surface area (Å²) in [5.74, 6) is -1.62. The van der Waals surface area contributed by atoms with Crippen LogP contribution in [0, 0.1) is 6.92 Å². The van der Waals surface area contributed by atoms with Gasteiger partial charge in [0.2, 0.25) is 0 Å². The highest BCUT2D eigenvalue weighted by Crippen LogP contribution is 2.18. The first kappa shape index (κ1) is 12.9. The van der Waals surface area contributed by atoms with Gasteiger partial charge in [-0.05, 0) is 25.1 Å². The quantitative estimate of drug-likeness (QED) is 0.644. The van der Waals surface area contributed by atoms with E-state index in [1.165, 1.54) is 0 Å². The molecule has 1 atom stereocenters. The third kappa shape index (κ3) is 3.01. The van der Waals surface area contributed by atoms with Crippen molar-refractivity contribution in [3.8, 4) is 0 Å². The molecule has 0 fully saturated rings. The third-order valence-electron chi connectivity index (χ3n) is 2.62. The highest BCUT2D eigenvalue weighted by atomic mass is 16.4. The average Bonchev–Trinajstić information content (AvgIpc) is 2.66. The van der Waals surface area contributed by atoms with Crippen molar-refractivity contribution in [2.75, 3.05) is 5.32 Å². The van der Waals surface area contributed by atoms with Crippen molar-refractivity contribution in [1.29, 1.82) is 0 Å². The maximum atomic E-state index is 11.0. The number of carboxylic acid groups (broad SMARTS) is 2. The summed E-state index contributed by atoms with van der Waals surface area (Å²) in [6.45, 7) is 1.82. The van der Waals surface area contributed by atoms with Gasteiger partial charge in [0.25, 0.3) is 0 Å². The van der Waals surface area contributed by atoms with Crippen molar-refractivity contribution >= 4 is 28.7 Å². The summed E-state index contributed by atoms with van der Waals surface area (Å²) in [4.78, 5) is 28.8. The summed E-state index contributed by atoms with van der Waals surface area (Å²) < 4.78 is 0. The van der Waals surface area contributed by atoms with Crippen LogP contribution in [0.1, 0.15) is 12.2 Å². The minimum atomic E-state index is -1.21. The lowest BCUT2D eigenvalue weighted by Crippen LogP contribution is -2.31. The predicted molar refractivity (Wildman–Crippen MR) is 68.1 cm³/mol. The number of benzene rings is 1. The molecule has 0 amide bonds.